The number of alkyl halides is 3. The van der Waals surface area contributed by atoms with Crippen LogP contribution in [0.1, 0.15) is 46.9 Å². The van der Waals surface area contributed by atoms with Crippen LogP contribution >= 0.6 is 0 Å². The Balaban J connectivity index is 1.66. The first-order valence-electron chi connectivity index (χ1n) is 14.0. The van der Waals surface area contributed by atoms with Gasteiger partial charge in [-0.25, -0.2) is 18.4 Å². The fourth-order valence-electron chi connectivity index (χ4n) is 5.31. The first kappa shape index (κ1) is 33.2. The molecule has 3 aromatic rings. The molecule has 2 heterocycles. The van der Waals surface area contributed by atoms with Crippen LogP contribution in [0.4, 0.5) is 27.6 Å². The van der Waals surface area contributed by atoms with Gasteiger partial charge in [0.1, 0.15) is 35.0 Å². The summed E-state index contributed by atoms with van der Waals surface area (Å²) in [6.45, 7) is 3.14. The monoisotopic (exact) mass is 638 g/mol. The maximum Gasteiger partial charge on any atom is 0.408 e. The van der Waals surface area contributed by atoms with Crippen molar-refractivity contribution in [1.29, 1.82) is 0 Å². The number of aromatic nitrogens is 2. The fourth-order valence-corrected chi connectivity index (χ4v) is 5.31. The molecular formula is C30H31F5N4O6. The molecule has 2 aromatic carbocycles. The minimum absolute atomic E-state index is 0.219. The third kappa shape index (κ3) is 6.56. The molecule has 45 heavy (non-hydrogen) atoms. The number of ether oxygens (including phenoxy) is 1. The number of carboxylic acid groups (broad SMARTS) is 1. The van der Waals surface area contributed by atoms with Crippen LogP contribution in [0.25, 0.3) is 11.1 Å². The molecule has 0 spiro atoms. The van der Waals surface area contributed by atoms with E-state index in [0.29, 0.717) is 59.7 Å². The number of carboxylic acids is 1. The summed E-state index contributed by atoms with van der Waals surface area (Å²) in [5.74, 6) is -5.59. The van der Waals surface area contributed by atoms with Gasteiger partial charge in [0.25, 0.3) is 11.5 Å². The summed E-state index contributed by atoms with van der Waals surface area (Å²) < 4.78 is 77.2. The SMILES string of the molecule is CCC(Nc1cc(F)c(C(=O)NC(Cc2ccc(-c3c(C)n(C)c(=O)n(C)c3=O)c3c2CCCO3)C(=O)O)c(F)c1)C(F)(F)F. The minimum atomic E-state index is -4.69. The number of halogens is 5. The van der Waals surface area contributed by atoms with E-state index >= 15 is 0 Å². The van der Waals surface area contributed by atoms with Crippen LogP contribution in [0.15, 0.2) is 33.9 Å². The number of hydrogen-bond donors (Lipinski definition) is 3. The van der Waals surface area contributed by atoms with E-state index in [1.807, 2.05) is 5.32 Å². The van der Waals surface area contributed by atoms with Crippen LogP contribution in [0.2, 0.25) is 0 Å². The van der Waals surface area contributed by atoms with Crippen molar-refractivity contribution in [2.45, 2.75) is 57.8 Å². The molecular weight excluding hydrogens is 607 g/mol. The average Bonchev–Trinajstić information content (AvgIpc) is 2.97. The molecule has 4 rings (SSSR count). The number of amides is 1. The summed E-state index contributed by atoms with van der Waals surface area (Å²) in [7, 11) is 2.86. The normalized spacial score (nSPS) is 14.2. The van der Waals surface area contributed by atoms with Crippen molar-refractivity contribution in [3.8, 4) is 16.9 Å². The summed E-state index contributed by atoms with van der Waals surface area (Å²) in [6, 6.07) is 0.397. The first-order chi connectivity index (χ1) is 21.1. The lowest BCUT2D eigenvalue weighted by Crippen LogP contribution is -2.43. The van der Waals surface area contributed by atoms with E-state index in [1.54, 1.807) is 19.1 Å². The van der Waals surface area contributed by atoms with Gasteiger partial charge >= 0.3 is 17.8 Å². The molecule has 1 aliphatic rings. The van der Waals surface area contributed by atoms with Gasteiger partial charge in [-0.05, 0) is 49.4 Å². The molecule has 3 N–H and O–H groups in total. The van der Waals surface area contributed by atoms with E-state index in [1.165, 1.54) is 25.6 Å². The average molecular weight is 639 g/mol. The number of nitrogens with zero attached hydrogens (tertiary/aromatic N) is 2. The summed E-state index contributed by atoms with van der Waals surface area (Å²) in [6.07, 6.45) is -4.46. The molecule has 0 saturated carbocycles. The molecule has 0 fully saturated rings. The number of benzene rings is 2. The zero-order valence-corrected chi connectivity index (χ0v) is 24.8. The predicted octanol–water partition coefficient (Wildman–Crippen LogP) is 3.84. The van der Waals surface area contributed by atoms with E-state index in [-0.39, 0.29) is 12.0 Å². The molecule has 0 bridgehead atoms. The van der Waals surface area contributed by atoms with Crippen molar-refractivity contribution in [1.82, 2.24) is 14.5 Å². The van der Waals surface area contributed by atoms with Crippen molar-refractivity contribution < 1.29 is 41.4 Å². The maximum atomic E-state index is 14.8. The van der Waals surface area contributed by atoms with Gasteiger partial charge in [0, 0.05) is 37.5 Å². The number of fused-ring (bicyclic) bond motifs is 1. The number of aliphatic carboxylic acids is 1. The molecule has 1 aromatic heterocycles. The van der Waals surface area contributed by atoms with Crippen LogP contribution < -0.4 is 26.6 Å². The molecule has 15 heteroatoms. The van der Waals surface area contributed by atoms with Crippen molar-refractivity contribution >= 4 is 17.6 Å². The van der Waals surface area contributed by atoms with Gasteiger partial charge < -0.3 is 25.0 Å². The van der Waals surface area contributed by atoms with Gasteiger partial charge in [0.05, 0.1) is 12.2 Å². The second-order valence-electron chi connectivity index (χ2n) is 10.7. The third-order valence-electron chi connectivity index (χ3n) is 7.84. The second-order valence-corrected chi connectivity index (χ2v) is 10.7. The van der Waals surface area contributed by atoms with E-state index in [9.17, 15) is 46.2 Å². The molecule has 0 saturated heterocycles. The van der Waals surface area contributed by atoms with Crippen LogP contribution in [-0.2, 0) is 31.7 Å². The lowest BCUT2D eigenvalue weighted by Gasteiger charge is -2.25. The van der Waals surface area contributed by atoms with E-state index < -0.39 is 70.7 Å². The Kier molecular flexibility index (Phi) is 9.40. The van der Waals surface area contributed by atoms with E-state index in [0.717, 1.165) is 4.57 Å². The zero-order chi connectivity index (χ0) is 33.4. The van der Waals surface area contributed by atoms with Gasteiger partial charge in [0.2, 0.25) is 0 Å². The van der Waals surface area contributed by atoms with Crippen LogP contribution in [0.3, 0.4) is 0 Å². The Morgan fingerprint density at radius 1 is 1.09 bits per heavy atom. The van der Waals surface area contributed by atoms with Gasteiger partial charge in [-0.1, -0.05) is 19.1 Å². The van der Waals surface area contributed by atoms with Gasteiger partial charge in [-0.15, -0.1) is 0 Å². The van der Waals surface area contributed by atoms with Gasteiger partial charge in [-0.3, -0.25) is 14.2 Å². The lowest BCUT2D eigenvalue weighted by molar-refractivity contribution is -0.143. The van der Waals surface area contributed by atoms with Crippen LogP contribution in [0.5, 0.6) is 5.75 Å². The molecule has 242 valence electrons. The topological polar surface area (TPSA) is 132 Å². The molecule has 10 nitrogen and oxygen atoms in total. The third-order valence-corrected chi connectivity index (χ3v) is 7.84. The molecule has 0 radical (unpaired) electrons. The van der Waals surface area contributed by atoms with Crippen molar-refractivity contribution in [3.05, 3.63) is 79.1 Å². The van der Waals surface area contributed by atoms with Gasteiger partial charge in [0.15, 0.2) is 0 Å². The summed E-state index contributed by atoms with van der Waals surface area (Å²) in [5, 5.41) is 14.0. The number of nitrogens with one attached hydrogen (secondary N) is 2. The quantitative estimate of drug-likeness (QED) is 0.304. The van der Waals surface area contributed by atoms with Crippen molar-refractivity contribution in [3.63, 3.8) is 0 Å². The number of carbonyl (C=O) groups excluding carboxylic acids is 1. The number of carbonyl (C=O) groups is 2. The Bertz CT molecular complexity index is 1760. The van der Waals surface area contributed by atoms with Crippen molar-refractivity contribution in [2.75, 3.05) is 11.9 Å². The summed E-state index contributed by atoms with van der Waals surface area (Å²) in [4.78, 5) is 50.5. The Morgan fingerprint density at radius 2 is 1.73 bits per heavy atom. The lowest BCUT2D eigenvalue weighted by atomic mass is 9.90. The van der Waals surface area contributed by atoms with Gasteiger partial charge in [-0.2, -0.15) is 13.2 Å². The van der Waals surface area contributed by atoms with Crippen molar-refractivity contribution in [2.24, 2.45) is 14.1 Å². The van der Waals surface area contributed by atoms with Crippen LogP contribution in [-0.4, -0.2) is 51.0 Å². The Morgan fingerprint density at radius 3 is 2.31 bits per heavy atom. The highest BCUT2D eigenvalue weighted by atomic mass is 19.4. The fraction of sp³-hybridized carbons (Fsp3) is 0.400. The summed E-state index contributed by atoms with van der Waals surface area (Å²) >= 11 is 0. The number of hydrogen-bond acceptors (Lipinski definition) is 6. The number of anilines is 1. The molecule has 0 aliphatic carbocycles. The molecule has 1 aliphatic heterocycles. The Labute approximate surface area is 253 Å². The highest BCUT2D eigenvalue weighted by molar-refractivity contribution is 5.97. The van der Waals surface area contributed by atoms with Crippen LogP contribution in [0, 0.1) is 18.6 Å². The van der Waals surface area contributed by atoms with E-state index in [4.69, 9.17) is 4.74 Å². The maximum absolute atomic E-state index is 14.8. The standard InChI is InChI=1S/C30H31F5N4O6/c1-5-22(30(33,34)35)36-16-12-19(31)24(20(32)13-16)26(40)37-21(28(42)43)11-15-8-9-18(25-17(15)7-6-10-45-25)23-14(2)38(3)29(44)39(4)27(23)41/h8-9,12-13,21-22,36H,5-7,10-11H2,1-4H3,(H,37,40)(H,42,43). The first-order valence-corrected chi connectivity index (χ1v) is 14.0. The molecule has 2 unspecified atom stereocenters. The molecule has 2 atom stereocenters. The highest BCUT2D eigenvalue weighted by Crippen LogP contribution is 2.38. The highest BCUT2D eigenvalue weighted by Gasteiger charge is 2.38. The summed E-state index contributed by atoms with van der Waals surface area (Å²) in [5.41, 5.74) is -0.775. The second kappa shape index (κ2) is 12.7. The number of rotatable bonds is 9. The Hall–Kier alpha value is -4.69. The predicted molar refractivity (Wildman–Crippen MR) is 154 cm³/mol. The molecule has 1 amide bonds. The largest absolute Gasteiger partial charge is 0.493 e. The zero-order valence-electron chi connectivity index (χ0n) is 24.8. The smallest absolute Gasteiger partial charge is 0.408 e. The van der Waals surface area contributed by atoms with E-state index in [2.05, 4.69) is 5.32 Å². The minimum Gasteiger partial charge on any atom is -0.493 e.